The van der Waals surface area contributed by atoms with E-state index in [-0.39, 0.29) is 12.0 Å². The molecule has 0 spiro atoms. The van der Waals surface area contributed by atoms with Gasteiger partial charge in [0.2, 0.25) is 0 Å². The van der Waals surface area contributed by atoms with E-state index >= 15 is 0 Å². The Morgan fingerprint density at radius 3 is 2.75 bits per heavy atom. The second-order valence-corrected chi connectivity index (χ2v) is 5.07. The average molecular weight is 301 g/mol. The van der Waals surface area contributed by atoms with Crippen LogP contribution in [0.1, 0.15) is 21.8 Å². The Bertz CT molecular complexity index is 622. The number of aryl methyl sites for hydroxylation is 1. The number of nitrogens with zero attached hydrogens (tertiary/aromatic N) is 1. The van der Waals surface area contributed by atoms with Gasteiger partial charge in [-0.2, -0.15) is 13.2 Å². The molecule has 0 amide bonds. The number of hydrogen-bond donors (Lipinski definition) is 1. The third-order valence-corrected chi connectivity index (χ3v) is 3.49. The molecule has 0 fully saturated rings. The number of aromatic carboxylic acids is 1. The third-order valence-electron chi connectivity index (χ3n) is 2.58. The van der Waals surface area contributed by atoms with Gasteiger partial charge in [-0.1, -0.05) is 12.1 Å². The summed E-state index contributed by atoms with van der Waals surface area (Å²) in [6, 6.07) is 6.15. The van der Waals surface area contributed by atoms with Crippen LogP contribution >= 0.6 is 11.3 Å². The van der Waals surface area contributed by atoms with E-state index in [0.717, 1.165) is 11.3 Å². The van der Waals surface area contributed by atoms with Gasteiger partial charge in [-0.15, -0.1) is 11.3 Å². The van der Waals surface area contributed by atoms with E-state index in [0.29, 0.717) is 16.3 Å². The van der Waals surface area contributed by atoms with Crippen molar-refractivity contribution in [1.29, 1.82) is 0 Å². The van der Waals surface area contributed by atoms with Gasteiger partial charge in [0.25, 0.3) is 0 Å². The van der Waals surface area contributed by atoms with Crippen molar-refractivity contribution in [3.05, 3.63) is 40.2 Å². The van der Waals surface area contributed by atoms with Crippen LogP contribution in [0.25, 0.3) is 11.3 Å². The monoisotopic (exact) mass is 301 g/mol. The lowest BCUT2D eigenvalue weighted by Crippen LogP contribution is -2.08. The van der Waals surface area contributed by atoms with Crippen LogP contribution in [-0.4, -0.2) is 22.2 Å². The summed E-state index contributed by atoms with van der Waals surface area (Å²) < 4.78 is 36.4. The number of carboxylic acid groups (broad SMARTS) is 1. The molecule has 1 heterocycles. The Morgan fingerprint density at radius 2 is 2.10 bits per heavy atom. The van der Waals surface area contributed by atoms with E-state index < -0.39 is 18.6 Å². The first-order chi connectivity index (χ1) is 9.35. The van der Waals surface area contributed by atoms with Crippen molar-refractivity contribution >= 4 is 17.3 Å². The molecule has 0 radical (unpaired) electrons. The van der Waals surface area contributed by atoms with Gasteiger partial charge in [-0.3, -0.25) is 0 Å². The smallest absolute Gasteiger partial charge is 0.389 e. The minimum atomic E-state index is -4.20. The predicted molar refractivity (Wildman–Crippen MR) is 68.9 cm³/mol. The number of hydrogen-bond acceptors (Lipinski definition) is 3. The van der Waals surface area contributed by atoms with Gasteiger partial charge < -0.3 is 5.11 Å². The first-order valence-electron chi connectivity index (χ1n) is 5.70. The lowest BCUT2D eigenvalue weighted by molar-refractivity contribution is -0.134. The largest absolute Gasteiger partial charge is 0.478 e. The summed E-state index contributed by atoms with van der Waals surface area (Å²) >= 11 is 1.14. The number of carbonyl (C=O) groups is 1. The quantitative estimate of drug-likeness (QED) is 0.928. The Morgan fingerprint density at radius 1 is 1.35 bits per heavy atom. The molecule has 2 aromatic rings. The molecule has 0 unspecified atom stereocenters. The number of halogens is 3. The first-order valence-corrected chi connectivity index (χ1v) is 6.58. The molecule has 0 saturated carbocycles. The maximum Gasteiger partial charge on any atom is 0.389 e. The molecule has 7 heteroatoms. The topological polar surface area (TPSA) is 50.2 Å². The molecular weight excluding hydrogens is 291 g/mol. The van der Waals surface area contributed by atoms with Gasteiger partial charge in [-0.05, 0) is 12.1 Å². The van der Waals surface area contributed by atoms with Crippen LogP contribution in [-0.2, 0) is 6.42 Å². The Labute approximate surface area is 116 Å². The number of rotatable bonds is 4. The molecule has 106 valence electrons. The van der Waals surface area contributed by atoms with Gasteiger partial charge >= 0.3 is 12.1 Å². The zero-order chi connectivity index (χ0) is 14.8. The predicted octanol–water partition coefficient (Wildman–Crippen LogP) is 4.00. The minimum Gasteiger partial charge on any atom is -0.478 e. The van der Waals surface area contributed by atoms with Gasteiger partial charge in [0.1, 0.15) is 0 Å². The Kier molecular flexibility index (Phi) is 4.08. The zero-order valence-corrected chi connectivity index (χ0v) is 11.0. The van der Waals surface area contributed by atoms with E-state index in [1.54, 1.807) is 17.5 Å². The van der Waals surface area contributed by atoms with Crippen molar-refractivity contribution in [2.24, 2.45) is 0 Å². The molecule has 2 rings (SSSR count). The minimum absolute atomic E-state index is 0.118. The molecule has 3 nitrogen and oxygen atoms in total. The van der Waals surface area contributed by atoms with Crippen LogP contribution in [0, 0.1) is 0 Å². The molecule has 0 aliphatic rings. The number of carboxylic acids is 1. The van der Waals surface area contributed by atoms with Crippen LogP contribution in [0.5, 0.6) is 0 Å². The average Bonchev–Trinajstić information content (AvgIpc) is 2.84. The second-order valence-electron chi connectivity index (χ2n) is 4.13. The maximum absolute atomic E-state index is 12.1. The van der Waals surface area contributed by atoms with E-state index in [9.17, 15) is 18.0 Å². The van der Waals surface area contributed by atoms with Crippen LogP contribution in [0.4, 0.5) is 13.2 Å². The number of thiazole rings is 1. The van der Waals surface area contributed by atoms with Crippen molar-refractivity contribution in [2.75, 3.05) is 0 Å². The normalized spacial score (nSPS) is 11.6. The molecule has 0 aliphatic carbocycles. The summed E-state index contributed by atoms with van der Waals surface area (Å²) in [5.41, 5.74) is 1.20. The van der Waals surface area contributed by atoms with Crippen LogP contribution in [0.15, 0.2) is 29.6 Å². The van der Waals surface area contributed by atoms with Gasteiger partial charge in [0.15, 0.2) is 0 Å². The van der Waals surface area contributed by atoms with E-state index in [4.69, 9.17) is 5.11 Å². The fourth-order valence-corrected chi connectivity index (χ4v) is 2.43. The van der Waals surface area contributed by atoms with E-state index in [2.05, 4.69) is 4.98 Å². The van der Waals surface area contributed by atoms with Crippen LogP contribution in [0.3, 0.4) is 0 Å². The highest BCUT2D eigenvalue weighted by Gasteiger charge is 2.27. The highest BCUT2D eigenvalue weighted by molar-refractivity contribution is 7.09. The van der Waals surface area contributed by atoms with Crippen molar-refractivity contribution in [1.82, 2.24) is 4.98 Å². The molecule has 1 aromatic heterocycles. The van der Waals surface area contributed by atoms with Crippen molar-refractivity contribution in [3.8, 4) is 11.3 Å². The summed E-state index contributed by atoms with van der Waals surface area (Å²) in [6.07, 6.45) is -5.27. The third kappa shape index (κ3) is 3.80. The number of aromatic nitrogens is 1. The molecule has 1 aromatic carbocycles. The summed E-state index contributed by atoms with van der Waals surface area (Å²) in [7, 11) is 0. The Hall–Kier alpha value is -1.89. The lowest BCUT2D eigenvalue weighted by Gasteiger charge is -2.03. The fourth-order valence-electron chi connectivity index (χ4n) is 1.62. The summed E-state index contributed by atoms with van der Waals surface area (Å²) in [5, 5.41) is 10.9. The summed E-state index contributed by atoms with van der Waals surface area (Å²) in [4.78, 5) is 15.0. The molecule has 0 saturated heterocycles. The summed E-state index contributed by atoms with van der Waals surface area (Å²) in [5.74, 6) is -1.06. The van der Waals surface area contributed by atoms with Crippen molar-refractivity contribution in [3.63, 3.8) is 0 Å². The van der Waals surface area contributed by atoms with Gasteiger partial charge in [-0.25, -0.2) is 9.78 Å². The van der Waals surface area contributed by atoms with Gasteiger partial charge in [0, 0.05) is 23.8 Å². The number of benzene rings is 1. The molecule has 20 heavy (non-hydrogen) atoms. The maximum atomic E-state index is 12.1. The highest BCUT2D eigenvalue weighted by atomic mass is 32.1. The second kappa shape index (κ2) is 5.62. The van der Waals surface area contributed by atoms with Crippen molar-refractivity contribution in [2.45, 2.75) is 19.0 Å². The van der Waals surface area contributed by atoms with Crippen LogP contribution in [0.2, 0.25) is 0 Å². The highest BCUT2D eigenvalue weighted by Crippen LogP contribution is 2.26. The Balaban J connectivity index is 2.16. The molecule has 0 atom stereocenters. The molecule has 0 bridgehead atoms. The van der Waals surface area contributed by atoms with Crippen LogP contribution < -0.4 is 0 Å². The summed E-state index contributed by atoms with van der Waals surface area (Å²) in [6.45, 7) is 0. The molecule has 0 aliphatic heterocycles. The SMILES string of the molecule is O=C(O)c1cccc(-c2csc(CCC(F)(F)F)n2)c1. The van der Waals surface area contributed by atoms with E-state index in [1.807, 2.05) is 0 Å². The lowest BCUT2D eigenvalue weighted by atomic mass is 10.1. The first kappa shape index (κ1) is 14.5. The number of alkyl halides is 3. The molecular formula is C13H10F3NO2S. The van der Waals surface area contributed by atoms with E-state index in [1.165, 1.54) is 12.1 Å². The van der Waals surface area contributed by atoms with Crippen molar-refractivity contribution < 1.29 is 23.1 Å². The fraction of sp³-hybridized carbons (Fsp3) is 0.231. The van der Waals surface area contributed by atoms with Gasteiger partial charge in [0.05, 0.1) is 16.3 Å². The molecule has 1 N–H and O–H groups in total. The standard InChI is InChI=1S/C13H10F3NO2S/c14-13(15,16)5-4-11-17-10(7-20-11)8-2-1-3-9(6-8)12(18)19/h1-3,6-7H,4-5H2,(H,18,19). The zero-order valence-electron chi connectivity index (χ0n) is 10.1.